The molecule has 17 heavy (non-hydrogen) atoms. The zero-order valence-corrected chi connectivity index (χ0v) is 15.1. The first kappa shape index (κ1) is 13.8. The molecule has 1 nitrogen and oxygen atoms in total. The Bertz CT molecular complexity index is 515. The number of hydrogen-bond acceptors (Lipinski definition) is 0. The van der Waals surface area contributed by atoms with Crippen LogP contribution >= 0.6 is 47.4 Å². The molecule has 1 heterocycles. The molecule has 92 valence electrons. The monoisotopic (exact) mass is 421 g/mol. The second-order valence-corrected chi connectivity index (χ2v) is 10.2. The van der Waals surface area contributed by atoms with E-state index in [9.17, 15) is 0 Å². The molecule has 1 aliphatic rings. The van der Waals surface area contributed by atoms with Gasteiger partial charge in [0.25, 0.3) is 0 Å². The van der Waals surface area contributed by atoms with Crippen LogP contribution < -0.4 is 5.46 Å². The minimum Gasteiger partial charge on any atom is -0.429 e. The molecule has 0 aliphatic carbocycles. The van der Waals surface area contributed by atoms with Gasteiger partial charge >= 0.3 is 3.93 Å². The summed E-state index contributed by atoms with van der Waals surface area (Å²) in [5.41, 5.74) is 3.99. The third-order valence-electron chi connectivity index (χ3n) is 3.25. The van der Waals surface area contributed by atoms with E-state index in [1.54, 1.807) is 0 Å². The molecule has 1 aromatic carbocycles. The summed E-state index contributed by atoms with van der Waals surface area (Å²) in [6.45, 7) is 8.81. The van der Waals surface area contributed by atoms with Crippen LogP contribution in [0.15, 0.2) is 16.6 Å². The summed E-state index contributed by atoms with van der Waals surface area (Å²) in [6, 6.07) is 4.30. The van der Waals surface area contributed by atoms with Crippen LogP contribution in [-0.4, -0.2) is 20.2 Å². The number of halogens is 3. The van der Waals surface area contributed by atoms with Gasteiger partial charge < -0.3 is 4.49 Å². The van der Waals surface area contributed by atoms with E-state index < -0.39 is 3.93 Å². The van der Waals surface area contributed by atoms with Crippen molar-refractivity contribution in [2.75, 3.05) is 0 Å². The summed E-state index contributed by atoms with van der Waals surface area (Å²) in [4.78, 5) is 0. The summed E-state index contributed by atoms with van der Waals surface area (Å²) < 4.78 is 2.50. The Morgan fingerprint density at radius 2 is 1.76 bits per heavy atom. The Kier molecular flexibility index (Phi) is 3.42. The zero-order chi connectivity index (χ0) is 13.0. The lowest BCUT2D eigenvalue weighted by Crippen LogP contribution is -2.51. The highest BCUT2D eigenvalue weighted by atomic mass is 79.9. The van der Waals surface area contributed by atoms with E-state index in [2.05, 4.69) is 98.0 Å². The van der Waals surface area contributed by atoms with E-state index >= 15 is 0 Å². The van der Waals surface area contributed by atoms with Gasteiger partial charge in [-0.2, -0.15) is 0 Å². The van der Waals surface area contributed by atoms with Gasteiger partial charge in [0.2, 0.25) is 0 Å². The Balaban J connectivity index is 2.70. The Morgan fingerprint density at radius 1 is 1.18 bits per heavy atom. The smallest absolute Gasteiger partial charge is 0.422 e. The van der Waals surface area contributed by atoms with Gasteiger partial charge in [0.15, 0.2) is 0 Å². The van der Waals surface area contributed by atoms with E-state index in [1.165, 1.54) is 16.6 Å². The molecule has 0 bridgehead atoms. The molecule has 0 radical (unpaired) electrons. The lowest BCUT2D eigenvalue weighted by atomic mass is 9.78. The van der Waals surface area contributed by atoms with Crippen molar-refractivity contribution in [2.24, 2.45) is 0 Å². The number of nitrogens with zero attached hydrogens (tertiary/aromatic N) is 1. The van der Waals surface area contributed by atoms with Crippen LogP contribution in [0.2, 0.25) is 0 Å². The van der Waals surface area contributed by atoms with Gasteiger partial charge in [-0.3, -0.25) is 0 Å². The van der Waals surface area contributed by atoms with Crippen molar-refractivity contribution in [3.63, 3.8) is 0 Å². The lowest BCUT2D eigenvalue weighted by molar-refractivity contribution is -0.464. The third kappa shape index (κ3) is 2.19. The second kappa shape index (κ2) is 4.21. The van der Waals surface area contributed by atoms with Gasteiger partial charge in [-0.1, -0.05) is 33.5 Å². The Hall–Kier alpha value is 0.395. The normalized spacial score (nSPS) is 17.9. The van der Waals surface area contributed by atoms with Gasteiger partial charge in [-0.15, -0.1) is 0 Å². The van der Waals surface area contributed by atoms with Gasteiger partial charge in [0, 0.05) is 10.0 Å². The van der Waals surface area contributed by atoms with Crippen LogP contribution in [0.3, 0.4) is 0 Å². The van der Waals surface area contributed by atoms with Crippen molar-refractivity contribution in [2.45, 2.75) is 33.2 Å². The highest BCUT2D eigenvalue weighted by Crippen LogP contribution is 2.34. The fraction of sp³-hybridized carbons (Fsp3) is 0.417. The average Bonchev–Trinajstić information content (AvgIpc) is 2.44. The van der Waals surface area contributed by atoms with Crippen LogP contribution in [0.5, 0.6) is 0 Å². The average molecular weight is 424 g/mol. The molecule has 2 rings (SSSR count). The van der Waals surface area contributed by atoms with Gasteiger partial charge in [0.05, 0.1) is 0 Å². The van der Waals surface area contributed by atoms with Crippen LogP contribution in [0.4, 0.5) is 0 Å². The molecule has 0 amide bonds. The highest BCUT2D eigenvalue weighted by molar-refractivity contribution is 9.51. The summed E-state index contributed by atoms with van der Waals surface area (Å²) >= 11 is 11.3. The predicted octanol–water partition coefficient (Wildman–Crippen LogP) is 3.94. The molecule has 1 aromatic rings. The second-order valence-electron chi connectivity index (χ2n) is 5.51. The van der Waals surface area contributed by atoms with E-state index in [-0.39, 0.29) is 5.54 Å². The quantitative estimate of drug-likeness (QED) is 0.556. The van der Waals surface area contributed by atoms with Gasteiger partial charge in [-0.25, -0.2) is 31.5 Å². The van der Waals surface area contributed by atoms with E-state index in [0.29, 0.717) is 0 Å². The van der Waals surface area contributed by atoms with Crippen LogP contribution in [0, 0.1) is 6.92 Å². The summed E-state index contributed by atoms with van der Waals surface area (Å²) in [7, 11) is 0. The molecule has 0 aromatic heterocycles. The van der Waals surface area contributed by atoms with Crippen LogP contribution in [0.25, 0.3) is 0 Å². The van der Waals surface area contributed by atoms with Crippen molar-refractivity contribution in [1.29, 1.82) is 0 Å². The lowest BCUT2D eigenvalue weighted by Gasteiger charge is -2.32. The molecule has 1 aliphatic heterocycles. The molecule has 0 N–H and O–H groups in total. The van der Waals surface area contributed by atoms with Gasteiger partial charge in [-0.05, 0) is 33.3 Å². The fourth-order valence-electron chi connectivity index (χ4n) is 2.26. The maximum Gasteiger partial charge on any atom is 0.422 e. The zero-order valence-electron chi connectivity index (χ0n) is 10.4. The van der Waals surface area contributed by atoms with Crippen molar-refractivity contribution in [3.8, 4) is 0 Å². The van der Waals surface area contributed by atoms with E-state index in [0.717, 1.165) is 4.47 Å². The summed E-state index contributed by atoms with van der Waals surface area (Å²) in [6.07, 6.45) is 2.25. The molecular weight excluding hydrogens is 409 g/mol. The van der Waals surface area contributed by atoms with Crippen LogP contribution in [0.1, 0.15) is 31.9 Å². The van der Waals surface area contributed by atoms with Crippen LogP contribution in [-0.2, 0) is 0 Å². The molecule has 0 saturated carbocycles. The summed E-state index contributed by atoms with van der Waals surface area (Å²) in [5, 5.41) is 0. The maximum absolute atomic E-state index is 3.86. The Labute approximate surface area is 128 Å². The SMILES string of the molecule is Cc1c(Br)ccc2c1C=[N+](C(C)(C)C)[B-]2(Br)Br. The largest absolute Gasteiger partial charge is 0.429 e. The fourth-order valence-corrected chi connectivity index (χ4v) is 4.87. The first-order valence-corrected chi connectivity index (χ1v) is 8.23. The minimum atomic E-state index is -1.02. The summed E-state index contributed by atoms with van der Waals surface area (Å²) in [5.74, 6) is 0. The highest BCUT2D eigenvalue weighted by Gasteiger charge is 2.44. The standard InChI is InChI=1S/C12H15BBr3N/c1-8-9-7-17(12(2,3)4)13(15,16)10(9)5-6-11(8)14/h5-7H,1-4H3. The molecule has 0 fully saturated rings. The van der Waals surface area contributed by atoms with Gasteiger partial charge in [0.1, 0.15) is 11.8 Å². The molecular formula is C12H15BBr3N. The van der Waals surface area contributed by atoms with Crippen molar-refractivity contribution in [1.82, 2.24) is 0 Å². The van der Waals surface area contributed by atoms with Crippen molar-refractivity contribution >= 4 is 63.1 Å². The molecule has 0 atom stereocenters. The molecule has 0 unspecified atom stereocenters. The molecule has 0 spiro atoms. The molecule has 0 saturated heterocycles. The topological polar surface area (TPSA) is 3.01 Å². The first-order chi connectivity index (χ1) is 7.65. The number of benzene rings is 1. The van der Waals surface area contributed by atoms with Crippen molar-refractivity contribution in [3.05, 3.63) is 27.7 Å². The van der Waals surface area contributed by atoms with E-state index in [4.69, 9.17) is 0 Å². The number of fused-ring (bicyclic) bond motifs is 1. The third-order valence-corrected chi connectivity index (χ3v) is 5.98. The number of rotatable bonds is 0. The van der Waals surface area contributed by atoms with Crippen molar-refractivity contribution < 1.29 is 4.49 Å². The first-order valence-electron chi connectivity index (χ1n) is 5.60. The number of hydrogen-bond donors (Lipinski definition) is 0. The Morgan fingerprint density at radius 3 is 2.29 bits per heavy atom. The minimum absolute atomic E-state index is 0.0743. The maximum atomic E-state index is 3.86. The predicted molar refractivity (Wildman–Crippen MR) is 87.3 cm³/mol. The molecule has 5 heteroatoms. The van der Waals surface area contributed by atoms with E-state index in [1.807, 2.05) is 0 Å².